The van der Waals surface area contributed by atoms with Gasteiger partial charge in [-0.1, -0.05) is 66.1 Å². The average Bonchev–Trinajstić information content (AvgIpc) is 3.19. The van der Waals surface area contributed by atoms with E-state index in [1.807, 2.05) is 49.4 Å². The van der Waals surface area contributed by atoms with Crippen LogP contribution in [0.5, 0.6) is 0 Å². The van der Waals surface area contributed by atoms with Crippen molar-refractivity contribution in [3.05, 3.63) is 54.6 Å². The van der Waals surface area contributed by atoms with Gasteiger partial charge in [-0.05, 0) is 44.0 Å². The fraction of sp³-hybridized carbons (Fsp3) is 0.300. The molecule has 1 heterocycles. The third-order valence-corrected chi connectivity index (χ3v) is 6.79. The first-order chi connectivity index (χ1) is 12.6. The third kappa shape index (κ3) is 5.25. The van der Waals surface area contributed by atoms with Crippen molar-refractivity contribution in [3.63, 3.8) is 0 Å². The Kier molecular flexibility index (Phi) is 7.00. The molecule has 2 aromatic rings. The number of para-hydroxylation sites is 1. The summed E-state index contributed by atoms with van der Waals surface area (Å²) in [5.41, 5.74) is 0.839. The first-order valence-corrected chi connectivity index (χ1v) is 10.8. The molecule has 6 heteroatoms. The number of hydrogen-bond donors (Lipinski definition) is 1. The van der Waals surface area contributed by atoms with Crippen molar-refractivity contribution in [2.45, 2.75) is 34.8 Å². The molecule has 0 radical (unpaired) electrons. The molecule has 1 N–H and O–H groups in total. The lowest BCUT2D eigenvalue weighted by Gasteiger charge is -2.20. The Morgan fingerprint density at radius 3 is 2.46 bits per heavy atom. The SMILES string of the molecule is C[C@H](SC(=S)N1CCCC1)C(=O)Nc1ccccc1Sc1ccccc1. The van der Waals surface area contributed by atoms with Crippen LogP contribution in [0.1, 0.15) is 19.8 Å². The number of amides is 1. The van der Waals surface area contributed by atoms with Gasteiger partial charge >= 0.3 is 0 Å². The highest BCUT2D eigenvalue weighted by Gasteiger charge is 2.22. The summed E-state index contributed by atoms with van der Waals surface area (Å²) in [6.07, 6.45) is 2.37. The van der Waals surface area contributed by atoms with E-state index in [1.54, 1.807) is 11.8 Å². The van der Waals surface area contributed by atoms with E-state index < -0.39 is 0 Å². The Morgan fingerprint density at radius 1 is 1.08 bits per heavy atom. The second kappa shape index (κ2) is 9.44. The van der Waals surface area contributed by atoms with E-state index in [0.29, 0.717) is 0 Å². The summed E-state index contributed by atoms with van der Waals surface area (Å²) in [4.78, 5) is 17.0. The van der Waals surface area contributed by atoms with Gasteiger partial charge in [-0.15, -0.1) is 0 Å². The molecular weight excluding hydrogens is 380 g/mol. The molecule has 3 nitrogen and oxygen atoms in total. The standard InChI is InChI=1S/C20H22N2OS3/c1-15(25-20(24)22-13-7-8-14-22)19(23)21-17-11-5-6-12-18(17)26-16-9-3-2-4-10-16/h2-6,9-12,15H,7-8,13-14H2,1H3,(H,21,23)/t15-/m0/s1. The molecule has 26 heavy (non-hydrogen) atoms. The smallest absolute Gasteiger partial charge is 0.237 e. The van der Waals surface area contributed by atoms with Gasteiger partial charge < -0.3 is 10.2 Å². The van der Waals surface area contributed by atoms with Crippen LogP contribution in [0, 0.1) is 0 Å². The van der Waals surface area contributed by atoms with E-state index in [2.05, 4.69) is 22.3 Å². The molecule has 136 valence electrons. The minimum atomic E-state index is -0.224. The second-order valence-electron chi connectivity index (χ2n) is 6.12. The van der Waals surface area contributed by atoms with Crippen LogP contribution in [0.2, 0.25) is 0 Å². The summed E-state index contributed by atoms with van der Waals surface area (Å²) in [5, 5.41) is 2.84. The van der Waals surface area contributed by atoms with Gasteiger partial charge in [-0.25, -0.2) is 0 Å². The third-order valence-electron chi connectivity index (χ3n) is 4.13. The zero-order chi connectivity index (χ0) is 18.4. The van der Waals surface area contributed by atoms with Crippen molar-refractivity contribution in [1.29, 1.82) is 0 Å². The van der Waals surface area contributed by atoms with Crippen molar-refractivity contribution in [3.8, 4) is 0 Å². The molecular formula is C20H22N2OS3. The number of benzene rings is 2. The van der Waals surface area contributed by atoms with Gasteiger partial charge in [0.1, 0.15) is 4.32 Å². The van der Waals surface area contributed by atoms with Gasteiger partial charge in [-0.3, -0.25) is 4.79 Å². The summed E-state index contributed by atoms with van der Waals surface area (Å²) in [5.74, 6) is -0.0161. The van der Waals surface area contributed by atoms with Crippen molar-refractivity contribution in [2.75, 3.05) is 18.4 Å². The number of nitrogens with zero attached hydrogens (tertiary/aromatic N) is 1. The van der Waals surface area contributed by atoms with Crippen LogP contribution in [0.15, 0.2) is 64.4 Å². The van der Waals surface area contributed by atoms with Crippen LogP contribution in [0.25, 0.3) is 0 Å². The number of likely N-dealkylation sites (tertiary alicyclic amines) is 1. The molecule has 1 fully saturated rings. The fourth-order valence-electron chi connectivity index (χ4n) is 2.69. The predicted octanol–water partition coefficient (Wildman–Crippen LogP) is 5.28. The van der Waals surface area contributed by atoms with E-state index in [0.717, 1.165) is 32.9 Å². The van der Waals surface area contributed by atoms with Gasteiger partial charge in [-0.2, -0.15) is 0 Å². The molecule has 3 rings (SSSR count). The van der Waals surface area contributed by atoms with E-state index in [-0.39, 0.29) is 11.2 Å². The number of hydrogen-bond acceptors (Lipinski definition) is 4. The molecule has 1 atom stereocenters. The predicted molar refractivity (Wildman–Crippen MR) is 116 cm³/mol. The molecule has 1 amide bonds. The Balaban J connectivity index is 1.62. The maximum atomic E-state index is 12.6. The molecule has 1 aliphatic heterocycles. The number of carbonyl (C=O) groups excluding carboxylic acids is 1. The summed E-state index contributed by atoms with van der Waals surface area (Å²) in [7, 11) is 0. The molecule has 0 aromatic heterocycles. The molecule has 1 saturated heterocycles. The van der Waals surface area contributed by atoms with E-state index >= 15 is 0 Å². The monoisotopic (exact) mass is 402 g/mol. The normalized spacial score (nSPS) is 14.9. The average molecular weight is 403 g/mol. The highest BCUT2D eigenvalue weighted by atomic mass is 32.2. The first kappa shape index (κ1) is 19.3. The van der Waals surface area contributed by atoms with Crippen LogP contribution in [0.3, 0.4) is 0 Å². The van der Waals surface area contributed by atoms with Crippen molar-refractivity contribution in [1.82, 2.24) is 4.90 Å². The van der Waals surface area contributed by atoms with Gasteiger partial charge in [0, 0.05) is 22.9 Å². The maximum absolute atomic E-state index is 12.6. The highest BCUT2D eigenvalue weighted by Crippen LogP contribution is 2.33. The van der Waals surface area contributed by atoms with Gasteiger partial charge in [0.05, 0.1) is 10.9 Å². The van der Waals surface area contributed by atoms with E-state index in [4.69, 9.17) is 12.2 Å². The summed E-state index contributed by atoms with van der Waals surface area (Å²) in [6.45, 7) is 3.93. The summed E-state index contributed by atoms with van der Waals surface area (Å²) < 4.78 is 0.831. The van der Waals surface area contributed by atoms with Crippen LogP contribution in [-0.2, 0) is 4.79 Å². The number of rotatable bonds is 5. The second-order valence-corrected chi connectivity index (χ2v) is 9.21. The Bertz CT molecular complexity index is 761. The van der Waals surface area contributed by atoms with Crippen molar-refractivity contribution < 1.29 is 4.79 Å². The number of thioether (sulfide) groups is 1. The Morgan fingerprint density at radius 2 is 1.73 bits per heavy atom. The molecule has 0 bridgehead atoms. The lowest BCUT2D eigenvalue weighted by Crippen LogP contribution is -2.29. The number of carbonyl (C=O) groups is 1. The number of nitrogens with one attached hydrogen (secondary N) is 1. The van der Waals surface area contributed by atoms with Crippen molar-refractivity contribution in [2.24, 2.45) is 0 Å². The zero-order valence-electron chi connectivity index (χ0n) is 14.7. The van der Waals surface area contributed by atoms with Crippen molar-refractivity contribution >= 4 is 51.7 Å². The minimum absolute atomic E-state index is 0.0161. The summed E-state index contributed by atoms with van der Waals surface area (Å²) >= 11 is 8.61. The lowest BCUT2D eigenvalue weighted by atomic mass is 10.3. The maximum Gasteiger partial charge on any atom is 0.237 e. The number of thiocarbonyl (C=S) groups is 1. The molecule has 2 aromatic carbocycles. The van der Waals surface area contributed by atoms with Crippen LogP contribution in [-0.4, -0.2) is 33.5 Å². The van der Waals surface area contributed by atoms with E-state index in [9.17, 15) is 4.79 Å². The Labute approximate surface area is 168 Å². The number of anilines is 1. The van der Waals surface area contributed by atoms with Gasteiger partial charge in [0.25, 0.3) is 0 Å². The van der Waals surface area contributed by atoms with Gasteiger partial charge in [0.2, 0.25) is 5.91 Å². The van der Waals surface area contributed by atoms with Gasteiger partial charge in [0.15, 0.2) is 0 Å². The topological polar surface area (TPSA) is 32.3 Å². The lowest BCUT2D eigenvalue weighted by molar-refractivity contribution is -0.115. The molecule has 0 unspecified atom stereocenters. The zero-order valence-corrected chi connectivity index (χ0v) is 17.1. The highest BCUT2D eigenvalue weighted by molar-refractivity contribution is 8.23. The molecule has 0 saturated carbocycles. The molecule has 1 aliphatic rings. The largest absolute Gasteiger partial charge is 0.358 e. The summed E-state index contributed by atoms with van der Waals surface area (Å²) in [6, 6.07) is 18.1. The minimum Gasteiger partial charge on any atom is -0.358 e. The quantitative estimate of drug-likeness (QED) is 0.688. The molecule has 0 spiro atoms. The van der Waals surface area contributed by atoms with Crippen LogP contribution < -0.4 is 5.32 Å². The van der Waals surface area contributed by atoms with Crippen LogP contribution in [0.4, 0.5) is 5.69 Å². The molecule has 0 aliphatic carbocycles. The first-order valence-electron chi connectivity index (χ1n) is 8.72. The Hall–Kier alpha value is -1.50. The van der Waals surface area contributed by atoms with Crippen LogP contribution >= 0.6 is 35.7 Å². The van der Waals surface area contributed by atoms with E-state index in [1.165, 1.54) is 24.6 Å². The fourth-order valence-corrected chi connectivity index (χ4v) is 5.03.